The minimum atomic E-state index is -0.0669. The average molecular weight is 401 g/mol. The molecular weight excluding hydrogens is 378 g/mol. The standard InChI is InChI=1S/C23H23N5O2/c1-14-9-20(30-4)19(17-7-8-25-22(14)17)13-28-12-16-6-5-15(11-24)18(23(16)26-28)10-21(29)27(2)3/h5-9,12,25H,10,13H2,1-4H3. The molecule has 30 heavy (non-hydrogen) atoms. The summed E-state index contributed by atoms with van der Waals surface area (Å²) >= 11 is 0. The van der Waals surface area contributed by atoms with Crippen LogP contribution in [0.1, 0.15) is 22.3 Å². The Kier molecular flexibility index (Phi) is 4.92. The molecule has 0 radical (unpaired) electrons. The van der Waals surface area contributed by atoms with Crippen molar-refractivity contribution >= 4 is 27.7 Å². The second-order valence-corrected chi connectivity index (χ2v) is 7.57. The summed E-state index contributed by atoms with van der Waals surface area (Å²) in [6.45, 7) is 2.56. The van der Waals surface area contributed by atoms with E-state index in [0.29, 0.717) is 23.2 Å². The van der Waals surface area contributed by atoms with Gasteiger partial charge in [0.05, 0.1) is 37.2 Å². The summed E-state index contributed by atoms with van der Waals surface area (Å²) in [6, 6.07) is 9.88. The van der Waals surface area contributed by atoms with Crippen molar-refractivity contribution in [3.63, 3.8) is 0 Å². The number of rotatable bonds is 5. The average Bonchev–Trinajstić information content (AvgIpc) is 3.37. The Morgan fingerprint density at radius 3 is 2.80 bits per heavy atom. The van der Waals surface area contributed by atoms with Crippen LogP contribution < -0.4 is 4.74 Å². The van der Waals surface area contributed by atoms with Gasteiger partial charge in [-0.25, -0.2) is 0 Å². The molecule has 0 aliphatic carbocycles. The minimum absolute atomic E-state index is 0.0669. The second kappa shape index (κ2) is 7.56. The summed E-state index contributed by atoms with van der Waals surface area (Å²) in [5.41, 5.74) is 5.04. The molecule has 0 bridgehead atoms. The van der Waals surface area contributed by atoms with Crippen molar-refractivity contribution in [3.8, 4) is 11.8 Å². The SMILES string of the molecule is COc1cc(C)c2[nH]ccc2c1Cn1cc2ccc(C#N)c(CC(=O)N(C)C)c2n1. The molecular formula is C23H23N5O2. The summed E-state index contributed by atoms with van der Waals surface area (Å²) in [7, 11) is 5.08. The number of methoxy groups -OCH3 is 1. The highest BCUT2D eigenvalue weighted by atomic mass is 16.5. The molecule has 7 nitrogen and oxygen atoms in total. The van der Waals surface area contributed by atoms with Crippen LogP contribution in [0.25, 0.3) is 21.8 Å². The van der Waals surface area contributed by atoms with Gasteiger partial charge in [-0.1, -0.05) is 0 Å². The van der Waals surface area contributed by atoms with Crippen LogP contribution in [0.5, 0.6) is 5.75 Å². The summed E-state index contributed by atoms with van der Waals surface area (Å²) in [5.74, 6) is 0.739. The second-order valence-electron chi connectivity index (χ2n) is 7.57. The molecule has 2 aromatic heterocycles. The zero-order valence-corrected chi connectivity index (χ0v) is 17.5. The number of amides is 1. The van der Waals surface area contributed by atoms with Crippen molar-refractivity contribution in [2.45, 2.75) is 19.9 Å². The number of likely N-dealkylation sites (N-methyl/N-ethyl adjacent to an activating group) is 1. The lowest BCUT2D eigenvalue weighted by Crippen LogP contribution is -2.24. The van der Waals surface area contributed by atoms with Gasteiger partial charge in [-0.05, 0) is 36.8 Å². The molecule has 0 unspecified atom stereocenters. The van der Waals surface area contributed by atoms with Gasteiger partial charge in [0, 0.05) is 53.9 Å². The van der Waals surface area contributed by atoms with E-state index in [4.69, 9.17) is 9.84 Å². The lowest BCUT2D eigenvalue weighted by Gasteiger charge is -2.12. The highest BCUT2D eigenvalue weighted by molar-refractivity contribution is 5.90. The van der Waals surface area contributed by atoms with Crippen molar-refractivity contribution in [1.82, 2.24) is 19.7 Å². The van der Waals surface area contributed by atoms with E-state index in [0.717, 1.165) is 33.2 Å². The van der Waals surface area contributed by atoms with E-state index in [1.54, 1.807) is 27.3 Å². The summed E-state index contributed by atoms with van der Waals surface area (Å²) in [5, 5.41) is 16.3. The van der Waals surface area contributed by atoms with Crippen molar-refractivity contribution in [3.05, 3.63) is 58.9 Å². The number of nitrogens with zero attached hydrogens (tertiary/aromatic N) is 4. The molecule has 7 heteroatoms. The predicted octanol–water partition coefficient (Wildman–Crippen LogP) is 3.39. The Hall–Kier alpha value is -3.79. The summed E-state index contributed by atoms with van der Waals surface area (Å²) in [4.78, 5) is 17.1. The predicted molar refractivity (Wildman–Crippen MR) is 116 cm³/mol. The molecule has 0 spiro atoms. The molecule has 2 aromatic carbocycles. The van der Waals surface area contributed by atoms with Crippen LogP contribution in [-0.2, 0) is 17.8 Å². The number of ether oxygens (including phenoxy) is 1. The molecule has 2 heterocycles. The smallest absolute Gasteiger partial charge is 0.226 e. The van der Waals surface area contributed by atoms with E-state index in [2.05, 4.69) is 11.1 Å². The van der Waals surface area contributed by atoms with Crippen LogP contribution >= 0.6 is 0 Å². The topological polar surface area (TPSA) is 86.9 Å². The number of H-pyrrole nitrogens is 1. The zero-order chi connectivity index (χ0) is 21.4. The third kappa shape index (κ3) is 3.26. The lowest BCUT2D eigenvalue weighted by molar-refractivity contribution is -0.127. The Labute approximate surface area is 174 Å². The Morgan fingerprint density at radius 2 is 2.10 bits per heavy atom. The summed E-state index contributed by atoms with van der Waals surface area (Å²) < 4.78 is 7.48. The van der Waals surface area contributed by atoms with Gasteiger partial charge in [-0.15, -0.1) is 0 Å². The Balaban J connectivity index is 1.82. The van der Waals surface area contributed by atoms with Crippen LogP contribution in [0.4, 0.5) is 0 Å². The molecule has 0 aliphatic heterocycles. The Morgan fingerprint density at radius 1 is 1.30 bits per heavy atom. The number of aromatic nitrogens is 3. The molecule has 4 aromatic rings. The largest absolute Gasteiger partial charge is 0.496 e. The number of nitrogens with one attached hydrogen (secondary N) is 1. The van der Waals surface area contributed by atoms with Crippen LogP contribution in [-0.4, -0.2) is 46.8 Å². The van der Waals surface area contributed by atoms with Crippen molar-refractivity contribution < 1.29 is 9.53 Å². The molecule has 1 amide bonds. The fraction of sp³-hybridized carbons (Fsp3) is 0.261. The zero-order valence-electron chi connectivity index (χ0n) is 17.5. The van der Waals surface area contributed by atoms with E-state index in [-0.39, 0.29) is 12.3 Å². The first-order valence-electron chi connectivity index (χ1n) is 9.65. The van der Waals surface area contributed by atoms with E-state index in [1.165, 1.54) is 4.90 Å². The third-order valence-electron chi connectivity index (χ3n) is 5.43. The number of aromatic amines is 1. The van der Waals surface area contributed by atoms with Crippen LogP contribution in [0.3, 0.4) is 0 Å². The first-order valence-corrected chi connectivity index (χ1v) is 9.65. The third-order valence-corrected chi connectivity index (χ3v) is 5.43. The fourth-order valence-corrected chi connectivity index (χ4v) is 3.81. The molecule has 152 valence electrons. The van der Waals surface area contributed by atoms with E-state index in [9.17, 15) is 10.1 Å². The number of benzene rings is 2. The maximum absolute atomic E-state index is 12.3. The maximum atomic E-state index is 12.3. The monoisotopic (exact) mass is 401 g/mol. The molecule has 4 rings (SSSR count). The molecule has 0 saturated carbocycles. The van der Waals surface area contributed by atoms with Gasteiger partial charge in [-0.3, -0.25) is 9.48 Å². The van der Waals surface area contributed by atoms with Crippen LogP contribution in [0, 0.1) is 18.3 Å². The number of carbonyl (C=O) groups is 1. The minimum Gasteiger partial charge on any atom is -0.496 e. The number of hydrogen-bond donors (Lipinski definition) is 1. The van der Waals surface area contributed by atoms with E-state index < -0.39 is 0 Å². The highest BCUT2D eigenvalue weighted by Gasteiger charge is 2.18. The molecule has 0 atom stereocenters. The van der Waals surface area contributed by atoms with Crippen LogP contribution in [0.2, 0.25) is 0 Å². The molecule has 0 fully saturated rings. The van der Waals surface area contributed by atoms with Crippen LogP contribution in [0.15, 0.2) is 36.7 Å². The van der Waals surface area contributed by atoms with Crippen molar-refractivity contribution in [1.29, 1.82) is 5.26 Å². The van der Waals surface area contributed by atoms with Gasteiger partial charge < -0.3 is 14.6 Å². The van der Waals surface area contributed by atoms with Crippen molar-refractivity contribution in [2.75, 3.05) is 21.2 Å². The molecule has 0 aliphatic rings. The number of carbonyl (C=O) groups excluding carboxylic acids is 1. The van der Waals surface area contributed by atoms with Gasteiger partial charge in [0.1, 0.15) is 5.75 Å². The van der Waals surface area contributed by atoms with Gasteiger partial charge >= 0.3 is 0 Å². The molecule has 1 N–H and O–H groups in total. The first kappa shape index (κ1) is 19.5. The van der Waals surface area contributed by atoms with Crippen molar-refractivity contribution in [2.24, 2.45) is 0 Å². The Bertz CT molecular complexity index is 1310. The van der Waals surface area contributed by atoms with E-state index >= 15 is 0 Å². The quantitative estimate of drug-likeness (QED) is 0.555. The maximum Gasteiger partial charge on any atom is 0.226 e. The highest BCUT2D eigenvalue weighted by Crippen LogP contribution is 2.31. The normalized spacial score (nSPS) is 11.0. The number of aryl methyl sites for hydroxylation is 1. The fourth-order valence-electron chi connectivity index (χ4n) is 3.81. The number of nitriles is 1. The van der Waals surface area contributed by atoms with Gasteiger partial charge in [0.25, 0.3) is 0 Å². The van der Waals surface area contributed by atoms with Gasteiger partial charge in [-0.2, -0.15) is 10.4 Å². The van der Waals surface area contributed by atoms with Gasteiger partial charge in [0.2, 0.25) is 5.91 Å². The van der Waals surface area contributed by atoms with Gasteiger partial charge in [0.15, 0.2) is 0 Å². The molecule has 0 saturated heterocycles. The first-order chi connectivity index (χ1) is 14.4. The number of hydrogen-bond acceptors (Lipinski definition) is 4. The lowest BCUT2D eigenvalue weighted by atomic mass is 10.0. The summed E-state index contributed by atoms with van der Waals surface area (Å²) in [6.07, 6.45) is 4.00. The number of fused-ring (bicyclic) bond motifs is 2. The van der Waals surface area contributed by atoms with E-state index in [1.807, 2.05) is 42.2 Å².